The number of carbonyl (C=O) groups is 2. The third-order valence-electron chi connectivity index (χ3n) is 6.25. The zero-order valence-electron chi connectivity index (χ0n) is 23.8. The van der Waals surface area contributed by atoms with Crippen LogP contribution in [0.25, 0.3) is 21.8 Å². The van der Waals surface area contributed by atoms with Crippen molar-refractivity contribution in [2.24, 2.45) is 0 Å². The van der Waals surface area contributed by atoms with Gasteiger partial charge in [0, 0.05) is 45.2 Å². The first-order chi connectivity index (χ1) is 18.8. The molecular weight excluding hydrogens is 496 g/mol. The lowest BCUT2D eigenvalue weighted by molar-refractivity contribution is -0.133. The largest absolute Gasteiger partial charge is 0.407 e. The second-order valence-corrected chi connectivity index (χ2v) is 9.16. The molecule has 0 spiro atoms. The number of aryl methyl sites for hydroxylation is 2. The normalized spacial score (nSPS) is 10.9. The van der Waals surface area contributed by atoms with Gasteiger partial charge in [0.2, 0.25) is 11.8 Å². The van der Waals surface area contributed by atoms with Crippen molar-refractivity contribution in [2.45, 2.75) is 60.9 Å². The van der Waals surface area contributed by atoms with Crippen LogP contribution in [0.1, 0.15) is 51.3 Å². The van der Waals surface area contributed by atoms with Gasteiger partial charge in [0.15, 0.2) is 0 Å². The summed E-state index contributed by atoms with van der Waals surface area (Å²) in [6.07, 6.45) is 9.23. The Bertz CT molecular complexity index is 1410. The van der Waals surface area contributed by atoms with Crippen molar-refractivity contribution >= 4 is 33.7 Å². The highest BCUT2D eigenvalue weighted by Gasteiger charge is 2.16. The van der Waals surface area contributed by atoms with Crippen molar-refractivity contribution in [3.63, 3.8) is 0 Å². The van der Waals surface area contributed by atoms with Gasteiger partial charge in [0.1, 0.15) is 0 Å². The molecule has 0 fully saturated rings. The molecule has 10 nitrogen and oxygen atoms in total. The highest BCUT2D eigenvalue weighted by molar-refractivity contribution is 5.92. The monoisotopic (exact) mass is 536 g/mol. The van der Waals surface area contributed by atoms with Gasteiger partial charge in [-0.25, -0.2) is 9.97 Å². The summed E-state index contributed by atoms with van der Waals surface area (Å²) in [4.78, 5) is 34.0. The van der Waals surface area contributed by atoms with Gasteiger partial charge < -0.3 is 29.7 Å². The van der Waals surface area contributed by atoms with Gasteiger partial charge in [0.05, 0.1) is 21.8 Å². The number of nitrogens with one attached hydrogen (secondary N) is 3. The summed E-state index contributed by atoms with van der Waals surface area (Å²) in [7, 11) is 0. The third kappa shape index (κ3) is 7.64. The second kappa shape index (κ2) is 14.4. The maximum Gasteiger partial charge on any atom is 0.309 e. The second-order valence-electron chi connectivity index (χ2n) is 9.16. The van der Waals surface area contributed by atoms with Crippen LogP contribution >= 0.6 is 0 Å². The molecule has 4 heterocycles. The quantitative estimate of drug-likeness (QED) is 0.194. The Morgan fingerprint density at radius 3 is 2.13 bits per heavy atom. The van der Waals surface area contributed by atoms with Gasteiger partial charge in [-0.3, -0.25) is 9.59 Å². The molecule has 0 aromatic carbocycles. The lowest BCUT2D eigenvalue weighted by Crippen LogP contribution is -2.16. The van der Waals surface area contributed by atoms with E-state index in [2.05, 4.69) is 57.1 Å². The van der Waals surface area contributed by atoms with Crippen LogP contribution in [0.2, 0.25) is 0 Å². The minimum absolute atomic E-state index is 0.341. The van der Waals surface area contributed by atoms with E-state index >= 15 is 0 Å². The molecule has 4 rings (SSSR count). The summed E-state index contributed by atoms with van der Waals surface area (Å²) in [5.41, 5.74) is 5.36. The van der Waals surface area contributed by atoms with Gasteiger partial charge in [0.25, 0.3) is 0 Å². The molecular formula is C29H40N6O4. The highest BCUT2D eigenvalue weighted by atomic mass is 16.5. The van der Waals surface area contributed by atoms with Gasteiger partial charge in [-0.2, -0.15) is 0 Å². The Hall–Kier alpha value is -3.76. The molecule has 0 saturated heterocycles. The number of pyridine rings is 2. The van der Waals surface area contributed by atoms with E-state index in [0.29, 0.717) is 11.8 Å². The predicted molar refractivity (Wildman–Crippen MR) is 153 cm³/mol. The number of nitrogens with zero attached hydrogens (tertiary/aromatic N) is 3. The molecule has 210 valence electrons. The summed E-state index contributed by atoms with van der Waals surface area (Å²) >= 11 is 0. The van der Waals surface area contributed by atoms with E-state index in [1.807, 2.05) is 19.2 Å². The molecule has 4 aromatic heterocycles. The first kappa shape index (κ1) is 29.8. The van der Waals surface area contributed by atoms with Crippen molar-refractivity contribution in [1.29, 1.82) is 0 Å². The van der Waals surface area contributed by atoms with Crippen molar-refractivity contribution < 1.29 is 19.1 Å². The lowest BCUT2D eigenvalue weighted by Gasteiger charge is -2.06. The number of fused-ring (bicyclic) bond motifs is 2. The third-order valence-corrected chi connectivity index (χ3v) is 6.25. The zero-order chi connectivity index (χ0) is 28.4. The van der Waals surface area contributed by atoms with E-state index in [4.69, 9.17) is 9.47 Å². The van der Waals surface area contributed by atoms with E-state index in [1.54, 1.807) is 12.4 Å². The Labute approximate surface area is 229 Å². The molecule has 0 aliphatic carbocycles. The summed E-state index contributed by atoms with van der Waals surface area (Å²) in [5, 5.41) is 8.45. The smallest absolute Gasteiger partial charge is 0.309 e. The molecule has 0 aliphatic rings. The van der Waals surface area contributed by atoms with Crippen LogP contribution in [0, 0.1) is 6.92 Å². The van der Waals surface area contributed by atoms with Gasteiger partial charge in [-0.1, -0.05) is 13.8 Å². The van der Waals surface area contributed by atoms with Crippen LogP contribution in [-0.4, -0.2) is 57.6 Å². The van der Waals surface area contributed by atoms with Gasteiger partial charge in [-0.05, 0) is 75.6 Å². The average Bonchev–Trinajstić information content (AvgIpc) is 3.49. The van der Waals surface area contributed by atoms with Crippen LogP contribution in [0.5, 0.6) is 11.8 Å². The standard InChI is InChI=1S/C15H21N3O2.C14H19N3O2/c1-4-16-8-6-12-10-18(5-2)13-7-9-17-15(14(12)13)20-11(3)19;1-4-15-6-5-11-8-16-13-9(2)7-17-14(12(11)13)19-10(3)18/h7,9-10,16H,4-6,8H2,1-3H3;7-8,15-16H,4-6H2,1-3H3. The number of H-pyrrole nitrogens is 1. The van der Waals surface area contributed by atoms with Crippen LogP contribution in [0.15, 0.2) is 30.9 Å². The number of hydrogen-bond acceptors (Lipinski definition) is 8. The average molecular weight is 537 g/mol. The van der Waals surface area contributed by atoms with Crippen LogP contribution in [0.4, 0.5) is 0 Å². The topological polar surface area (TPSA) is 123 Å². The number of ether oxygens (including phenoxy) is 2. The molecule has 0 bridgehead atoms. The maximum absolute atomic E-state index is 11.2. The first-order valence-corrected chi connectivity index (χ1v) is 13.5. The number of rotatable bonds is 11. The van der Waals surface area contributed by atoms with Crippen molar-refractivity contribution in [2.75, 3.05) is 26.2 Å². The van der Waals surface area contributed by atoms with E-state index < -0.39 is 0 Å². The molecule has 10 heteroatoms. The summed E-state index contributed by atoms with van der Waals surface area (Å²) < 4.78 is 12.6. The Balaban J connectivity index is 0.000000216. The minimum atomic E-state index is -0.350. The fourth-order valence-electron chi connectivity index (χ4n) is 4.48. The molecule has 0 atom stereocenters. The minimum Gasteiger partial charge on any atom is -0.407 e. The van der Waals surface area contributed by atoms with Crippen molar-refractivity contribution in [3.05, 3.63) is 47.5 Å². The number of aromatic amines is 1. The number of hydrogen-bond donors (Lipinski definition) is 3. The maximum atomic E-state index is 11.2. The molecule has 3 N–H and O–H groups in total. The number of carbonyl (C=O) groups excluding carboxylic acids is 2. The molecule has 0 radical (unpaired) electrons. The summed E-state index contributed by atoms with van der Waals surface area (Å²) in [6, 6.07) is 1.96. The fraction of sp³-hybridized carbons (Fsp3) is 0.448. The molecule has 4 aromatic rings. The molecule has 0 amide bonds. The summed E-state index contributed by atoms with van der Waals surface area (Å²) in [6.45, 7) is 15.6. The van der Waals surface area contributed by atoms with Crippen LogP contribution < -0.4 is 20.1 Å². The zero-order valence-corrected chi connectivity index (χ0v) is 23.8. The Morgan fingerprint density at radius 1 is 0.923 bits per heavy atom. The van der Waals surface area contributed by atoms with E-state index in [0.717, 1.165) is 84.1 Å². The fourth-order valence-corrected chi connectivity index (χ4v) is 4.48. The van der Waals surface area contributed by atoms with E-state index in [9.17, 15) is 9.59 Å². The van der Waals surface area contributed by atoms with E-state index in [1.165, 1.54) is 13.8 Å². The Morgan fingerprint density at radius 2 is 1.54 bits per heavy atom. The Kier molecular flexibility index (Phi) is 11.0. The van der Waals surface area contributed by atoms with Crippen molar-refractivity contribution in [3.8, 4) is 11.8 Å². The lowest BCUT2D eigenvalue weighted by atomic mass is 10.1. The number of esters is 2. The van der Waals surface area contributed by atoms with Crippen molar-refractivity contribution in [1.82, 2.24) is 30.2 Å². The molecule has 39 heavy (non-hydrogen) atoms. The molecule has 0 unspecified atom stereocenters. The first-order valence-electron chi connectivity index (χ1n) is 13.5. The molecule has 0 saturated carbocycles. The molecule has 0 aliphatic heterocycles. The van der Waals surface area contributed by atoms with Crippen LogP contribution in [0.3, 0.4) is 0 Å². The predicted octanol–water partition coefficient (Wildman–Crippen LogP) is 4.08. The van der Waals surface area contributed by atoms with Gasteiger partial charge >= 0.3 is 11.9 Å². The van der Waals surface area contributed by atoms with Gasteiger partial charge in [-0.15, -0.1) is 0 Å². The highest BCUT2D eigenvalue weighted by Crippen LogP contribution is 2.30. The van der Waals surface area contributed by atoms with E-state index in [-0.39, 0.29) is 11.9 Å². The summed E-state index contributed by atoms with van der Waals surface area (Å²) in [5.74, 6) is 0.109. The number of aromatic nitrogens is 4. The number of likely N-dealkylation sites (N-methyl/N-ethyl adjacent to an activating group) is 2. The SMILES string of the molecule is CCNCCc1c[nH]c2c(C)cnc(OC(C)=O)c12.CCNCCc1cn(CC)c2ccnc(OC(C)=O)c12. The van der Waals surface area contributed by atoms with Crippen LogP contribution in [-0.2, 0) is 29.0 Å².